The van der Waals surface area contributed by atoms with Gasteiger partial charge in [-0.15, -0.1) is 0 Å². The number of carbonyl (C=O) groups is 1. The zero-order valence-corrected chi connectivity index (χ0v) is 11.2. The maximum Gasteiger partial charge on any atom is 0.166 e. The molecule has 0 spiro atoms. The second-order valence-electron chi connectivity index (χ2n) is 5.97. The van der Waals surface area contributed by atoms with Crippen molar-refractivity contribution < 1.29 is 15.0 Å². The third-order valence-electron chi connectivity index (χ3n) is 2.80. The fraction of sp³-hybridized carbons (Fsp3) is 0.923. The Hall–Kier alpha value is -0.410. The van der Waals surface area contributed by atoms with Gasteiger partial charge in [0.15, 0.2) is 5.78 Å². The highest BCUT2D eigenvalue weighted by molar-refractivity contribution is 5.87. The van der Waals surface area contributed by atoms with E-state index in [9.17, 15) is 15.0 Å². The lowest BCUT2D eigenvalue weighted by Crippen LogP contribution is -2.39. The van der Waals surface area contributed by atoms with Gasteiger partial charge in [0.2, 0.25) is 0 Å². The van der Waals surface area contributed by atoms with Crippen molar-refractivity contribution in [1.29, 1.82) is 0 Å². The molecular formula is C13H26O3. The summed E-state index contributed by atoms with van der Waals surface area (Å²) in [5.41, 5.74) is -0.551. The van der Waals surface area contributed by atoms with Gasteiger partial charge >= 0.3 is 0 Å². The summed E-state index contributed by atoms with van der Waals surface area (Å²) in [6.07, 6.45) is 0.570. The van der Waals surface area contributed by atoms with Crippen molar-refractivity contribution in [2.75, 3.05) is 6.61 Å². The molecule has 0 heterocycles. The molecule has 2 N–H and O–H groups in total. The molecule has 0 rings (SSSR count). The normalized spacial score (nSPS) is 16.2. The van der Waals surface area contributed by atoms with E-state index in [1.807, 2.05) is 0 Å². The van der Waals surface area contributed by atoms with E-state index in [-0.39, 0.29) is 18.3 Å². The van der Waals surface area contributed by atoms with Crippen molar-refractivity contribution in [3.63, 3.8) is 0 Å². The molecule has 16 heavy (non-hydrogen) atoms. The Balaban J connectivity index is 4.41. The Morgan fingerprint density at radius 2 is 1.69 bits per heavy atom. The van der Waals surface area contributed by atoms with Crippen LogP contribution in [0, 0.1) is 17.3 Å². The number of aliphatic hydroxyl groups excluding tert-OH is 2. The van der Waals surface area contributed by atoms with Crippen molar-refractivity contribution in [2.24, 2.45) is 17.3 Å². The Bertz CT molecular complexity index is 216. The smallest absolute Gasteiger partial charge is 0.166 e. The average molecular weight is 230 g/mol. The van der Waals surface area contributed by atoms with E-state index in [0.717, 1.165) is 6.42 Å². The first kappa shape index (κ1) is 15.6. The van der Waals surface area contributed by atoms with Crippen molar-refractivity contribution in [1.82, 2.24) is 0 Å². The monoisotopic (exact) mass is 230 g/mol. The Labute approximate surface area is 98.9 Å². The number of carbonyl (C=O) groups excluding carboxylic acids is 1. The molecule has 3 nitrogen and oxygen atoms in total. The summed E-state index contributed by atoms with van der Waals surface area (Å²) in [4.78, 5) is 11.8. The molecule has 3 heteroatoms. The van der Waals surface area contributed by atoms with Gasteiger partial charge in [-0.05, 0) is 12.3 Å². The number of ketones is 1. The van der Waals surface area contributed by atoms with Gasteiger partial charge in [0, 0.05) is 17.9 Å². The molecule has 0 radical (unpaired) electrons. The number of aliphatic hydroxyl groups is 2. The second kappa shape index (κ2) is 6.36. The van der Waals surface area contributed by atoms with Crippen LogP contribution in [0.4, 0.5) is 0 Å². The van der Waals surface area contributed by atoms with Crippen molar-refractivity contribution in [3.8, 4) is 0 Å². The van der Waals surface area contributed by atoms with Crippen LogP contribution in [0.2, 0.25) is 0 Å². The van der Waals surface area contributed by atoms with Gasteiger partial charge in [0.1, 0.15) is 6.10 Å². The quantitative estimate of drug-likeness (QED) is 0.734. The van der Waals surface area contributed by atoms with E-state index in [2.05, 4.69) is 13.8 Å². The lowest BCUT2D eigenvalue weighted by molar-refractivity contribution is -0.138. The van der Waals surface area contributed by atoms with Crippen LogP contribution in [0.25, 0.3) is 0 Å². The van der Waals surface area contributed by atoms with Crippen molar-refractivity contribution in [3.05, 3.63) is 0 Å². The van der Waals surface area contributed by atoms with Gasteiger partial charge < -0.3 is 10.2 Å². The zero-order chi connectivity index (χ0) is 12.9. The summed E-state index contributed by atoms with van der Waals surface area (Å²) in [7, 11) is 0. The molecule has 0 bridgehead atoms. The van der Waals surface area contributed by atoms with Gasteiger partial charge in [0.25, 0.3) is 0 Å². The first-order valence-corrected chi connectivity index (χ1v) is 6.03. The number of hydrogen-bond donors (Lipinski definition) is 2. The molecule has 0 aromatic carbocycles. The second-order valence-corrected chi connectivity index (χ2v) is 5.97. The van der Waals surface area contributed by atoms with Gasteiger partial charge in [-0.2, -0.15) is 0 Å². The zero-order valence-electron chi connectivity index (χ0n) is 11.2. The highest BCUT2D eigenvalue weighted by Crippen LogP contribution is 2.23. The SMILES string of the molecule is CC(C)CC[C@H](CO)[C@@H](O)C(=O)C(C)(C)C. The first-order chi connectivity index (χ1) is 7.20. The van der Waals surface area contributed by atoms with E-state index in [1.54, 1.807) is 20.8 Å². The third-order valence-corrected chi connectivity index (χ3v) is 2.80. The fourth-order valence-corrected chi connectivity index (χ4v) is 1.55. The summed E-state index contributed by atoms with van der Waals surface area (Å²) in [6.45, 7) is 9.41. The maximum atomic E-state index is 11.8. The van der Waals surface area contributed by atoms with Crippen LogP contribution in [0.15, 0.2) is 0 Å². The van der Waals surface area contributed by atoms with Crippen LogP contribution in [-0.4, -0.2) is 28.7 Å². The minimum Gasteiger partial charge on any atom is -0.396 e. The first-order valence-electron chi connectivity index (χ1n) is 6.03. The number of rotatable bonds is 6. The molecule has 0 aromatic rings. The maximum absolute atomic E-state index is 11.8. The van der Waals surface area contributed by atoms with Crippen LogP contribution in [0.5, 0.6) is 0 Å². The predicted octanol–water partition coefficient (Wildman–Crippen LogP) is 2.01. The van der Waals surface area contributed by atoms with E-state index < -0.39 is 11.5 Å². The lowest BCUT2D eigenvalue weighted by atomic mass is 9.81. The Morgan fingerprint density at radius 1 is 1.19 bits per heavy atom. The number of Topliss-reactive ketones (excluding diaryl/α,β-unsaturated/α-hetero) is 1. The molecule has 0 aromatic heterocycles. The molecule has 0 aliphatic heterocycles. The third kappa shape index (κ3) is 5.08. The van der Waals surface area contributed by atoms with E-state index in [1.165, 1.54) is 0 Å². The molecule has 0 unspecified atom stereocenters. The van der Waals surface area contributed by atoms with Crippen LogP contribution in [-0.2, 0) is 4.79 Å². The van der Waals surface area contributed by atoms with Gasteiger partial charge in [0.05, 0.1) is 0 Å². The number of hydrogen-bond acceptors (Lipinski definition) is 3. The van der Waals surface area contributed by atoms with Gasteiger partial charge in [-0.1, -0.05) is 41.0 Å². The highest BCUT2D eigenvalue weighted by atomic mass is 16.3. The van der Waals surface area contributed by atoms with Gasteiger partial charge in [-0.3, -0.25) is 4.79 Å². The molecular weight excluding hydrogens is 204 g/mol. The van der Waals surface area contributed by atoms with E-state index >= 15 is 0 Å². The average Bonchev–Trinajstić information content (AvgIpc) is 2.15. The molecule has 0 amide bonds. The summed E-state index contributed by atoms with van der Waals surface area (Å²) in [5.74, 6) is 0.00965. The summed E-state index contributed by atoms with van der Waals surface area (Å²) < 4.78 is 0. The summed E-state index contributed by atoms with van der Waals surface area (Å²) in [6, 6.07) is 0. The van der Waals surface area contributed by atoms with Crippen LogP contribution >= 0.6 is 0 Å². The molecule has 2 atom stereocenters. The van der Waals surface area contributed by atoms with Crippen molar-refractivity contribution >= 4 is 5.78 Å². The highest BCUT2D eigenvalue weighted by Gasteiger charge is 2.33. The predicted molar refractivity (Wildman–Crippen MR) is 65.1 cm³/mol. The van der Waals surface area contributed by atoms with Crippen LogP contribution in [0.1, 0.15) is 47.5 Å². The Kier molecular flexibility index (Phi) is 6.19. The molecule has 0 saturated heterocycles. The topological polar surface area (TPSA) is 57.5 Å². The molecule has 96 valence electrons. The van der Waals surface area contributed by atoms with E-state index in [4.69, 9.17) is 0 Å². The fourth-order valence-electron chi connectivity index (χ4n) is 1.55. The molecule has 0 saturated carbocycles. The van der Waals surface area contributed by atoms with E-state index in [0.29, 0.717) is 12.3 Å². The molecule has 0 aliphatic rings. The molecule has 0 fully saturated rings. The van der Waals surface area contributed by atoms with Crippen LogP contribution in [0.3, 0.4) is 0 Å². The minimum absolute atomic E-state index is 0.129. The minimum atomic E-state index is -1.04. The van der Waals surface area contributed by atoms with Gasteiger partial charge in [-0.25, -0.2) is 0 Å². The standard InChI is InChI=1S/C13H26O3/c1-9(2)6-7-10(8-14)11(15)12(16)13(3,4)5/h9-11,14-15H,6-8H2,1-5H3/t10-,11-/m1/s1. The Morgan fingerprint density at radius 3 is 2.00 bits per heavy atom. The summed E-state index contributed by atoms with van der Waals surface area (Å²) in [5, 5.41) is 19.1. The molecule has 0 aliphatic carbocycles. The largest absolute Gasteiger partial charge is 0.396 e. The summed E-state index contributed by atoms with van der Waals surface area (Å²) >= 11 is 0. The van der Waals surface area contributed by atoms with Crippen LogP contribution < -0.4 is 0 Å². The lowest BCUT2D eigenvalue weighted by Gasteiger charge is -2.26. The van der Waals surface area contributed by atoms with Crippen molar-refractivity contribution in [2.45, 2.75) is 53.6 Å².